The number of thioether (sulfide) groups is 1. The second kappa shape index (κ2) is 6.74. The molecule has 8 heteroatoms. The summed E-state index contributed by atoms with van der Waals surface area (Å²) in [6.45, 7) is 3.94. The Labute approximate surface area is 136 Å². The average molecular weight is 333 g/mol. The number of nitrogens with one attached hydrogen (secondary N) is 1. The van der Waals surface area contributed by atoms with Gasteiger partial charge in [0.1, 0.15) is 11.5 Å². The van der Waals surface area contributed by atoms with Crippen molar-refractivity contribution in [2.45, 2.75) is 30.9 Å². The van der Waals surface area contributed by atoms with Gasteiger partial charge in [-0.3, -0.25) is 4.79 Å². The van der Waals surface area contributed by atoms with Crippen LogP contribution in [0.15, 0.2) is 49.2 Å². The summed E-state index contributed by atoms with van der Waals surface area (Å²) in [7, 11) is 0. The van der Waals surface area contributed by atoms with E-state index in [1.807, 2.05) is 6.92 Å². The molecule has 1 amide bonds. The van der Waals surface area contributed by atoms with E-state index in [4.69, 9.17) is 13.3 Å². The lowest BCUT2D eigenvalue weighted by atomic mass is 10.3. The molecule has 0 aromatic carbocycles. The lowest BCUT2D eigenvalue weighted by molar-refractivity contribution is -0.120. The number of carbonyl (C=O) groups excluding carboxylic acids is 1. The fourth-order valence-electron chi connectivity index (χ4n) is 1.91. The van der Waals surface area contributed by atoms with Gasteiger partial charge in [0.25, 0.3) is 11.1 Å². The van der Waals surface area contributed by atoms with Crippen LogP contribution in [0.4, 0.5) is 0 Å². The first-order valence-corrected chi connectivity index (χ1v) is 7.86. The van der Waals surface area contributed by atoms with Crippen LogP contribution in [0.25, 0.3) is 11.5 Å². The predicted octanol–water partition coefficient (Wildman–Crippen LogP) is 3.03. The molecular weight excluding hydrogens is 318 g/mol. The summed E-state index contributed by atoms with van der Waals surface area (Å²) in [6.07, 6.45) is 3.13. The maximum Gasteiger partial charge on any atom is 0.277 e. The van der Waals surface area contributed by atoms with Gasteiger partial charge in [-0.1, -0.05) is 11.8 Å². The Morgan fingerprint density at radius 3 is 2.87 bits per heavy atom. The summed E-state index contributed by atoms with van der Waals surface area (Å²) >= 11 is 1.20. The van der Waals surface area contributed by atoms with Crippen molar-refractivity contribution in [3.8, 4) is 11.5 Å². The molecule has 7 nitrogen and oxygen atoms in total. The summed E-state index contributed by atoms with van der Waals surface area (Å²) in [5, 5.41) is 10.7. The third kappa shape index (κ3) is 3.65. The molecule has 23 heavy (non-hydrogen) atoms. The Morgan fingerprint density at radius 2 is 2.17 bits per heavy atom. The predicted molar refractivity (Wildman–Crippen MR) is 82.6 cm³/mol. The van der Waals surface area contributed by atoms with Crippen LogP contribution in [0.1, 0.15) is 18.4 Å². The van der Waals surface area contributed by atoms with Crippen LogP contribution in [-0.4, -0.2) is 21.4 Å². The Bertz CT molecular complexity index is 778. The highest BCUT2D eigenvalue weighted by Gasteiger charge is 2.19. The van der Waals surface area contributed by atoms with Crippen molar-refractivity contribution in [3.05, 3.63) is 42.2 Å². The van der Waals surface area contributed by atoms with Gasteiger partial charge in [0.15, 0.2) is 0 Å². The maximum absolute atomic E-state index is 12.1. The number of rotatable bonds is 6. The number of hydrogen-bond acceptors (Lipinski definition) is 7. The SMILES string of the molecule is Cc1occc1-c1nnc(S[C@@H](C)C(=O)NCc2ccco2)o1. The monoisotopic (exact) mass is 333 g/mol. The third-order valence-corrected chi connectivity index (χ3v) is 4.09. The molecule has 0 aliphatic rings. The Hall–Kier alpha value is -2.48. The zero-order chi connectivity index (χ0) is 16.2. The van der Waals surface area contributed by atoms with Crippen molar-refractivity contribution >= 4 is 17.7 Å². The molecule has 0 aliphatic heterocycles. The molecule has 0 radical (unpaired) electrons. The highest BCUT2D eigenvalue weighted by molar-refractivity contribution is 8.00. The normalized spacial score (nSPS) is 12.3. The summed E-state index contributed by atoms with van der Waals surface area (Å²) in [5.41, 5.74) is 0.749. The molecule has 3 rings (SSSR count). The second-order valence-corrected chi connectivity index (χ2v) is 6.11. The molecule has 0 fully saturated rings. The number of hydrogen-bond donors (Lipinski definition) is 1. The summed E-state index contributed by atoms with van der Waals surface area (Å²) in [4.78, 5) is 12.1. The van der Waals surface area contributed by atoms with Gasteiger partial charge in [-0.2, -0.15) is 0 Å². The first-order valence-electron chi connectivity index (χ1n) is 6.98. The van der Waals surface area contributed by atoms with Gasteiger partial charge in [0, 0.05) is 0 Å². The van der Waals surface area contributed by atoms with Crippen LogP contribution in [-0.2, 0) is 11.3 Å². The molecule has 3 aromatic heterocycles. The molecule has 0 unspecified atom stereocenters. The van der Waals surface area contributed by atoms with E-state index >= 15 is 0 Å². The number of aryl methyl sites for hydroxylation is 1. The average Bonchev–Trinajstić information content (AvgIpc) is 3.26. The molecular formula is C15H15N3O4S. The van der Waals surface area contributed by atoms with Crippen molar-refractivity contribution in [1.82, 2.24) is 15.5 Å². The molecule has 3 heterocycles. The smallest absolute Gasteiger partial charge is 0.277 e. The number of furan rings is 2. The van der Waals surface area contributed by atoms with Crippen molar-refractivity contribution in [3.63, 3.8) is 0 Å². The topological polar surface area (TPSA) is 94.3 Å². The third-order valence-electron chi connectivity index (χ3n) is 3.16. The van der Waals surface area contributed by atoms with E-state index in [0.29, 0.717) is 29.2 Å². The summed E-state index contributed by atoms with van der Waals surface area (Å²) in [5.74, 6) is 1.65. The van der Waals surface area contributed by atoms with E-state index in [1.165, 1.54) is 11.8 Å². The maximum atomic E-state index is 12.1. The molecule has 0 saturated carbocycles. The van der Waals surface area contributed by atoms with Crippen LogP contribution < -0.4 is 5.32 Å². The lowest BCUT2D eigenvalue weighted by Crippen LogP contribution is -2.30. The van der Waals surface area contributed by atoms with Crippen molar-refractivity contribution in [2.75, 3.05) is 0 Å². The van der Waals surface area contributed by atoms with E-state index in [2.05, 4.69) is 15.5 Å². The number of nitrogens with zero attached hydrogens (tertiary/aromatic N) is 2. The Balaban J connectivity index is 1.57. The number of aromatic nitrogens is 2. The largest absolute Gasteiger partial charge is 0.469 e. The van der Waals surface area contributed by atoms with Crippen molar-refractivity contribution < 1.29 is 18.0 Å². The van der Waals surface area contributed by atoms with Crippen LogP contribution in [0.3, 0.4) is 0 Å². The van der Waals surface area contributed by atoms with Crippen molar-refractivity contribution in [2.24, 2.45) is 0 Å². The fraction of sp³-hybridized carbons (Fsp3) is 0.267. The molecule has 120 valence electrons. The zero-order valence-corrected chi connectivity index (χ0v) is 13.4. The number of carbonyl (C=O) groups is 1. The minimum absolute atomic E-state index is 0.134. The van der Waals surface area contributed by atoms with E-state index in [9.17, 15) is 4.79 Å². The van der Waals surface area contributed by atoms with Crippen LogP contribution in [0.5, 0.6) is 0 Å². The van der Waals surface area contributed by atoms with E-state index in [-0.39, 0.29) is 11.2 Å². The van der Waals surface area contributed by atoms with Gasteiger partial charge in [0.2, 0.25) is 5.91 Å². The van der Waals surface area contributed by atoms with E-state index in [0.717, 1.165) is 5.56 Å². The molecule has 3 aromatic rings. The fourth-order valence-corrected chi connectivity index (χ4v) is 2.62. The van der Waals surface area contributed by atoms with E-state index < -0.39 is 0 Å². The van der Waals surface area contributed by atoms with Gasteiger partial charge in [-0.05, 0) is 32.0 Å². The van der Waals surface area contributed by atoms with Crippen molar-refractivity contribution in [1.29, 1.82) is 0 Å². The second-order valence-electron chi connectivity index (χ2n) is 4.82. The zero-order valence-electron chi connectivity index (χ0n) is 12.6. The molecule has 0 spiro atoms. The van der Waals surface area contributed by atoms with Gasteiger partial charge >= 0.3 is 0 Å². The number of amides is 1. The lowest BCUT2D eigenvalue weighted by Gasteiger charge is -2.08. The Kier molecular flexibility index (Phi) is 4.52. The highest BCUT2D eigenvalue weighted by Crippen LogP contribution is 2.28. The molecule has 1 N–H and O–H groups in total. The first kappa shape index (κ1) is 15.4. The Morgan fingerprint density at radius 1 is 1.30 bits per heavy atom. The molecule has 1 atom stereocenters. The van der Waals surface area contributed by atoms with Crippen LogP contribution >= 0.6 is 11.8 Å². The summed E-state index contributed by atoms with van der Waals surface area (Å²) in [6, 6.07) is 5.34. The minimum Gasteiger partial charge on any atom is -0.469 e. The first-order chi connectivity index (χ1) is 11.1. The van der Waals surface area contributed by atoms with E-state index in [1.54, 1.807) is 37.6 Å². The quantitative estimate of drug-likeness (QED) is 0.693. The van der Waals surface area contributed by atoms with Gasteiger partial charge in [0.05, 0.1) is 29.9 Å². The highest BCUT2D eigenvalue weighted by atomic mass is 32.2. The van der Waals surface area contributed by atoms with Gasteiger partial charge in [-0.25, -0.2) is 0 Å². The van der Waals surface area contributed by atoms with Crippen LogP contribution in [0, 0.1) is 6.92 Å². The van der Waals surface area contributed by atoms with Crippen LogP contribution in [0.2, 0.25) is 0 Å². The summed E-state index contributed by atoms with van der Waals surface area (Å²) < 4.78 is 15.9. The standard InChI is InChI=1S/C15H15N3O4S/c1-9-12(5-7-20-9)14-17-18-15(22-14)23-10(2)13(19)16-8-11-4-3-6-21-11/h3-7,10H,8H2,1-2H3,(H,16,19)/t10-/m0/s1. The molecule has 0 bridgehead atoms. The molecule has 0 aliphatic carbocycles. The van der Waals surface area contributed by atoms with Gasteiger partial charge < -0.3 is 18.6 Å². The minimum atomic E-state index is -0.372. The molecule has 0 saturated heterocycles. The van der Waals surface area contributed by atoms with Gasteiger partial charge in [-0.15, -0.1) is 10.2 Å².